The van der Waals surface area contributed by atoms with E-state index in [1.165, 1.54) is 38.4 Å². The number of ether oxygens (including phenoxy) is 2. The van der Waals surface area contributed by atoms with Crippen LogP contribution in [0.3, 0.4) is 0 Å². The Bertz CT molecular complexity index is 1400. The van der Waals surface area contributed by atoms with Crippen LogP contribution in [-0.2, 0) is 21.0 Å². The molecule has 1 saturated heterocycles. The van der Waals surface area contributed by atoms with Crippen molar-refractivity contribution in [3.8, 4) is 6.01 Å². The van der Waals surface area contributed by atoms with Crippen molar-refractivity contribution < 1.29 is 37.6 Å². The van der Waals surface area contributed by atoms with Crippen molar-refractivity contribution in [1.82, 2.24) is 24.5 Å². The van der Waals surface area contributed by atoms with Crippen molar-refractivity contribution in [2.24, 2.45) is 0 Å². The van der Waals surface area contributed by atoms with Crippen LogP contribution in [0, 0.1) is 0 Å². The third kappa shape index (κ3) is 8.01. The number of alkyl halides is 3. The first kappa shape index (κ1) is 31.5. The smallest absolute Gasteiger partial charge is 0.408 e. The number of anilines is 2. The third-order valence-corrected chi connectivity index (χ3v) is 8.55. The molecule has 1 unspecified atom stereocenters. The van der Waals surface area contributed by atoms with E-state index >= 15 is 0 Å². The van der Waals surface area contributed by atoms with Crippen LogP contribution in [-0.4, -0.2) is 74.7 Å². The number of aliphatic hydroxyl groups is 1. The number of imidazole rings is 1. The van der Waals surface area contributed by atoms with Gasteiger partial charge in [0, 0.05) is 33.0 Å². The molecule has 224 valence electrons. The summed E-state index contributed by atoms with van der Waals surface area (Å²) in [6.45, 7) is 6.45. The molecule has 1 aliphatic rings. The molecule has 1 fully saturated rings. The van der Waals surface area contributed by atoms with E-state index in [1.54, 1.807) is 6.92 Å². The number of aromatic nitrogens is 5. The van der Waals surface area contributed by atoms with E-state index in [9.17, 15) is 21.6 Å². The maximum atomic E-state index is 13.4. The highest BCUT2D eigenvalue weighted by Gasteiger charge is 2.39. The molecule has 11 nitrogen and oxygen atoms in total. The number of aliphatic hydroxyl groups excluding tert-OH is 1. The molecule has 0 saturated carbocycles. The lowest BCUT2D eigenvalue weighted by atomic mass is 10.2. The predicted octanol–water partition coefficient (Wildman–Crippen LogP) is 4.60. The maximum Gasteiger partial charge on any atom is 0.408 e. The van der Waals surface area contributed by atoms with Gasteiger partial charge in [-0.05, 0) is 46.1 Å². The quantitative estimate of drug-likeness (QED) is 0.382. The topological polar surface area (TPSA) is 141 Å². The highest BCUT2D eigenvalue weighted by atomic mass is 32.2. The van der Waals surface area contributed by atoms with Gasteiger partial charge in [-0.1, -0.05) is 6.92 Å². The zero-order chi connectivity index (χ0) is 29.7. The Morgan fingerprint density at radius 2 is 1.98 bits per heavy atom. The third-order valence-electron chi connectivity index (χ3n) is 6.42. The zero-order valence-corrected chi connectivity index (χ0v) is 23.9. The summed E-state index contributed by atoms with van der Waals surface area (Å²) < 4.78 is 74.3. The molecule has 40 heavy (non-hydrogen) atoms. The first-order valence-electron chi connectivity index (χ1n) is 12.8. The Morgan fingerprint density at radius 1 is 1.25 bits per heavy atom. The standard InChI is InChI=1S/C20H25F3N6O3S.C5H10O2.H2/c1-6-17-26-13-10-25-16(9-14(13)29(17)12(2)20(21,22)23)27-15-7-8-24-18(28-15)32-11-19(3,4)33(5,30)31;6-5-3-1-2-4-7-5;/h7-10,12H,6,11H2,1-5H3,(H,24,25,27,28);5-6H,1-4H2;1H/t12-;;/m0../s1. The maximum absolute atomic E-state index is 13.4. The number of pyridine rings is 1. The summed E-state index contributed by atoms with van der Waals surface area (Å²) in [5, 5.41) is 11.6. The van der Waals surface area contributed by atoms with Crippen molar-refractivity contribution >= 4 is 32.5 Å². The first-order chi connectivity index (χ1) is 18.6. The highest BCUT2D eigenvalue weighted by molar-refractivity contribution is 7.92. The van der Waals surface area contributed by atoms with Crippen LogP contribution in [0.4, 0.5) is 24.8 Å². The Hall–Kier alpha value is -3.04. The second-order valence-corrected chi connectivity index (χ2v) is 12.7. The fourth-order valence-corrected chi connectivity index (χ4v) is 3.90. The second kappa shape index (κ2) is 12.6. The normalized spacial score (nSPS) is 17.2. The van der Waals surface area contributed by atoms with Crippen LogP contribution in [0.2, 0.25) is 0 Å². The van der Waals surface area contributed by atoms with Gasteiger partial charge in [-0.15, -0.1) is 0 Å². The lowest BCUT2D eigenvalue weighted by Gasteiger charge is -2.21. The van der Waals surface area contributed by atoms with Crippen LogP contribution < -0.4 is 10.1 Å². The van der Waals surface area contributed by atoms with Gasteiger partial charge in [-0.2, -0.15) is 18.2 Å². The average molecular weight is 591 g/mol. The second-order valence-electron chi connectivity index (χ2n) is 10.0. The summed E-state index contributed by atoms with van der Waals surface area (Å²) in [7, 11) is -3.37. The molecule has 15 heteroatoms. The SMILES string of the molecule is CCc1nc2cnc(Nc3ccnc(OCC(C)(C)S(C)(=O)=O)n3)cc2n1[C@@H](C)C(F)(F)F.OC1CCCCO1.[HH]. The summed E-state index contributed by atoms with van der Waals surface area (Å²) in [5.74, 6) is 0.830. The van der Waals surface area contributed by atoms with Crippen LogP contribution >= 0.6 is 0 Å². The predicted molar refractivity (Wildman–Crippen MR) is 145 cm³/mol. The summed E-state index contributed by atoms with van der Waals surface area (Å²) in [5.41, 5.74) is 0.637. The molecule has 0 spiro atoms. The molecule has 3 aromatic rings. The van der Waals surface area contributed by atoms with E-state index in [0.717, 1.165) is 43.6 Å². The van der Waals surface area contributed by atoms with E-state index in [0.29, 0.717) is 17.8 Å². The summed E-state index contributed by atoms with van der Waals surface area (Å²) in [6, 6.07) is 1.18. The molecule has 2 atom stereocenters. The van der Waals surface area contributed by atoms with Crippen molar-refractivity contribution in [3.63, 3.8) is 0 Å². The number of nitrogens with one attached hydrogen (secondary N) is 1. The Balaban J connectivity index is 0.000000641. The molecule has 0 amide bonds. The number of halogens is 3. The Morgan fingerprint density at radius 3 is 2.52 bits per heavy atom. The van der Waals surface area contributed by atoms with Crippen molar-refractivity contribution in [1.29, 1.82) is 0 Å². The average Bonchev–Trinajstić information content (AvgIpc) is 3.24. The lowest BCUT2D eigenvalue weighted by molar-refractivity contribution is -0.162. The molecule has 4 rings (SSSR count). The number of rotatable bonds is 8. The van der Waals surface area contributed by atoms with Crippen LogP contribution in [0.25, 0.3) is 11.0 Å². The molecule has 0 radical (unpaired) electrons. The summed E-state index contributed by atoms with van der Waals surface area (Å²) >= 11 is 0. The number of sulfone groups is 1. The molecular weight excluding hydrogens is 553 g/mol. The first-order valence-corrected chi connectivity index (χ1v) is 14.7. The van der Waals surface area contributed by atoms with E-state index < -0.39 is 33.1 Å². The van der Waals surface area contributed by atoms with E-state index in [2.05, 4.69) is 25.3 Å². The van der Waals surface area contributed by atoms with E-state index in [-0.39, 0.29) is 31.2 Å². The number of hydrogen-bond donors (Lipinski definition) is 2. The lowest BCUT2D eigenvalue weighted by Crippen LogP contribution is -2.37. The number of nitrogens with zero attached hydrogens (tertiary/aromatic N) is 5. The van der Waals surface area contributed by atoms with Gasteiger partial charge in [-0.3, -0.25) is 0 Å². The van der Waals surface area contributed by atoms with Gasteiger partial charge in [0.25, 0.3) is 0 Å². The van der Waals surface area contributed by atoms with E-state index in [4.69, 9.17) is 14.6 Å². The van der Waals surface area contributed by atoms with Crippen molar-refractivity contribution in [2.75, 3.05) is 24.8 Å². The number of aryl methyl sites for hydroxylation is 1. The summed E-state index contributed by atoms with van der Waals surface area (Å²) in [6.07, 6.45) is 2.38. The van der Waals surface area contributed by atoms with Gasteiger partial charge in [0.2, 0.25) is 0 Å². The molecule has 0 aliphatic carbocycles. The van der Waals surface area contributed by atoms with Crippen LogP contribution in [0.5, 0.6) is 6.01 Å². The van der Waals surface area contributed by atoms with Gasteiger partial charge in [0.05, 0.1) is 11.7 Å². The van der Waals surface area contributed by atoms with Gasteiger partial charge in [0.1, 0.15) is 40.4 Å². The van der Waals surface area contributed by atoms with Crippen molar-refractivity contribution in [2.45, 2.75) is 76.6 Å². The minimum Gasteiger partial charge on any atom is -0.462 e. The Kier molecular flexibility index (Phi) is 9.95. The van der Waals surface area contributed by atoms with E-state index in [1.807, 2.05) is 0 Å². The minimum atomic E-state index is -4.44. The Labute approximate surface area is 232 Å². The minimum absolute atomic E-state index is 0. The van der Waals surface area contributed by atoms with Crippen LogP contribution in [0.1, 0.15) is 60.3 Å². The number of hydrogen-bond acceptors (Lipinski definition) is 10. The van der Waals surface area contributed by atoms with Crippen LogP contribution in [0.15, 0.2) is 24.5 Å². The molecule has 1 aliphatic heterocycles. The van der Waals surface area contributed by atoms with Gasteiger partial charge >= 0.3 is 12.2 Å². The molecule has 2 N–H and O–H groups in total. The number of fused-ring (bicyclic) bond motifs is 1. The van der Waals surface area contributed by atoms with Gasteiger partial charge in [-0.25, -0.2) is 23.4 Å². The van der Waals surface area contributed by atoms with Gasteiger partial charge in [0.15, 0.2) is 16.1 Å². The molecule has 4 heterocycles. The molecular formula is C25H37F3N6O5S. The fraction of sp³-hybridized carbons (Fsp3) is 0.600. The fourth-order valence-electron chi connectivity index (χ4n) is 3.63. The molecule has 0 bridgehead atoms. The largest absolute Gasteiger partial charge is 0.462 e. The summed E-state index contributed by atoms with van der Waals surface area (Å²) in [4.78, 5) is 16.6. The van der Waals surface area contributed by atoms with Gasteiger partial charge < -0.3 is 24.5 Å². The highest BCUT2D eigenvalue weighted by Crippen LogP contribution is 2.34. The van der Waals surface area contributed by atoms with Crippen molar-refractivity contribution in [3.05, 3.63) is 30.4 Å². The monoisotopic (exact) mass is 590 g/mol. The molecule has 0 aromatic carbocycles. The molecule has 3 aromatic heterocycles. The zero-order valence-electron chi connectivity index (χ0n) is 23.1.